The molecular formula is C16H20Cl2N2O2. The van der Waals surface area contributed by atoms with Gasteiger partial charge >= 0.3 is 0 Å². The molecule has 0 saturated carbocycles. The van der Waals surface area contributed by atoms with Crippen LogP contribution < -0.4 is 0 Å². The van der Waals surface area contributed by atoms with Gasteiger partial charge in [-0.2, -0.15) is 0 Å². The fraction of sp³-hybridized carbons (Fsp3) is 0.562. The van der Waals surface area contributed by atoms with Crippen molar-refractivity contribution >= 4 is 29.1 Å². The van der Waals surface area contributed by atoms with E-state index in [1.807, 2.05) is 30.3 Å². The summed E-state index contributed by atoms with van der Waals surface area (Å²) in [5.41, 5.74) is 0.985. The number of carbonyl (C=O) groups is 1. The molecule has 1 aromatic rings. The van der Waals surface area contributed by atoms with Crippen molar-refractivity contribution in [2.24, 2.45) is 0 Å². The standard InChI is InChI=1S/C16H20Cl2N2O2/c17-16(18)14(13-5-2-1-3-6-13)20(15(16)21)8-4-7-19-9-11-22-12-10-19/h1-3,5-6,14H,4,7-12H2. The lowest BCUT2D eigenvalue weighted by Crippen LogP contribution is -2.62. The fourth-order valence-corrected chi connectivity index (χ4v) is 3.80. The number of amides is 1. The van der Waals surface area contributed by atoms with Gasteiger partial charge in [0.05, 0.1) is 19.3 Å². The summed E-state index contributed by atoms with van der Waals surface area (Å²) in [5.74, 6) is -0.188. The average molecular weight is 343 g/mol. The zero-order valence-electron chi connectivity index (χ0n) is 12.4. The second-order valence-electron chi connectivity index (χ2n) is 5.74. The van der Waals surface area contributed by atoms with Crippen LogP contribution in [0.3, 0.4) is 0 Å². The largest absolute Gasteiger partial charge is 0.379 e. The van der Waals surface area contributed by atoms with E-state index in [0.717, 1.165) is 44.8 Å². The van der Waals surface area contributed by atoms with Crippen LogP contribution in [0.5, 0.6) is 0 Å². The minimum absolute atomic E-state index is 0.188. The molecule has 2 aliphatic rings. The third kappa shape index (κ3) is 3.11. The molecule has 120 valence electrons. The lowest BCUT2D eigenvalue weighted by atomic mass is 9.92. The Hall–Kier alpha value is -0.810. The number of benzene rings is 1. The maximum Gasteiger partial charge on any atom is 0.262 e. The highest BCUT2D eigenvalue weighted by Crippen LogP contribution is 2.50. The third-order valence-corrected chi connectivity index (χ3v) is 5.03. The minimum Gasteiger partial charge on any atom is -0.379 e. The Morgan fingerprint density at radius 1 is 1.14 bits per heavy atom. The monoisotopic (exact) mass is 342 g/mol. The summed E-state index contributed by atoms with van der Waals surface area (Å²) in [6, 6.07) is 9.49. The molecule has 4 nitrogen and oxygen atoms in total. The fourth-order valence-electron chi connectivity index (χ4n) is 3.10. The van der Waals surface area contributed by atoms with Crippen LogP contribution in [0.4, 0.5) is 0 Å². The quantitative estimate of drug-likeness (QED) is 0.608. The Balaban J connectivity index is 1.58. The van der Waals surface area contributed by atoms with E-state index in [0.29, 0.717) is 6.54 Å². The van der Waals surface area contributed by atoms with Gasteiger partial charge in [-0.05, 0) is 12.0 Å². The Bertz CT molecular complexity index is 518. The number of nitrogens with zero attached hydrogens (tertiary/aromatic N) is 2. The number of likely N-dealkylation sites (tertiary alicyclic amines) is 1. The first-order chi connectivity index (χ1) is 10.6. The van der Waals surface area contributed by atoms with E-state index >= 15 is 0 Å². The molecule has 1 aromatic carbocycles. The number of hydrogen-bond donors (Lipinski definition) is 0. The molecule has 0 aromatic heterocycles. The molecule has 1 amide bonds. The van der Waals surface area contributed by atoms with Crippen LogP contribution in [-0.4, -0.2) is 59.4 Å². The van der Waals surface area contributed by atoms with E-state index in [4.69, 9.17) is 27.9 Å². The molecule has 2 heterocycles. The summed E-state index contributed by atoms with van der Waals surface area (Å²) >= 11 is 12.5. The summed E-state index contributed by atoms with van der Waals surface area (Å²) in [4.78, 5) is 16.3. The molecule has 6 heteroatoms. The Morgan fingerprint density at radius 2 is 1.82 bits per heavy atom. The molecule has 0 N–H and O–H groups in total. The second-order valence-corrected chi connectivity index (χ2v) is 7.13. The predicted molar refractivity (Wildman–Crippen MR) is 87.2 cm³/mol. The van der Waals surface area contributed by atoms with Crippen molar-refractivity contribution in [2.75, 3.05) is 39.4 Å². The first-order valence-electron chi connectivity index (χ1n) is 7.64. The van der Waals surface area contributed by atoms with Gasteiger partial charge in [-0.25, -0.2) is 0 Å². The van der Waals surface area contributed by atoms with Gasteiger partial charge in [-0.15, -0.1) is 0 Å². The van der Waals surface area contributed by atoms with Crippen LogP contribution in [0.25, 0.3) is 0 Å². The predicted octanol–water partition coefficient (Wildman–Crippen LogP) is 2.47. The zero-order valence-corrected chi connectivity index (χ0v) is 13.9. The van der Waals surface area contributed by atoms with Crippen LogP contribution >= 0.6 is 23.2 Å². The summed E-state index contributed by atoms with van der Waals surface area (Å²) in [6.07, 6.45) is 0.916. The van der Waals surface area contributed by atoms with E-state index in [2.05, 4.69) is 4.90 Å². The van der Waals surface area contributed by atoms with Crippen molar-refractivity contribution in [1.82, 2.24) is 9.80 Å². The van der Waals surface area contributed by atoms with Crippen molar-refractivity contribution in [1.29, 1.82) is 0 Å². The number of halogens is 2. The lowest BCUT2D eigenvalue weighted by molar-refractivity contribution is -0.148. The van der Waals surface area contributed by atoms with E-state index in [9.17, 15) is 4.79 Å². The van der Waals surface area contributed by atoms with Crippen molar-refractivity contribution in [3.63, 3.8) is 0 Å². The second kappa shape index (κ2) is 6.75. The smallest absolute Gasteiger partial charge is 0.262 e. The van der Waals surface area contributed by atoms with Crippen LogP contribution in [0, 0.1) is 0 Å². The maximum atomic E-state index is 12.2. The number of ether oxygens (including phenoxy) is 1. The third-order valence-electron chi connectivity index (χ3n) is 4.29. The molecule has 1 atom stereocenters. The summed E-state index contributed by atoms with van der Waals surface area (Å²) in [6.45, 7) is 5.16. The Morgan fingerprint density at radius 3 is 2.50 bits per heavy atom. The highest BCUT2D eigenvalue weighted by Gasteiger charge is 2.59. The first-order valence-corrected chi connectivity index (χ1v) is 8.40. The molecule has 0 aliphatic carbocycles. The molecule has 2 aliphatic heterocycles. The van der Waals surface area contributed by atoms with Gasteiger partial charge in [-0.1, -0.05) is 53.5 Å². The van der Waals surface area contributed by atoms with Crippen molar-refractivity contribution < 1.29 is 9.53 Å². The summed E-state index contributed by atoms with van der Waals surface area (Å²) in [7, 11) is 0. The molecule has 0 radical (unpaired) electrons. The van der Waals surface area contributed by atoms with Gasteiger partial charge in [0.2, 0.25) is 4.33 Å². The molecule has 1 unspecified atom stereocenters. The highest BCUT2D eigenvalue weighted by molar-refractivity contribution is 6.60. The molecule has 0 bridgehead atoms. The Labute approximate surface area is 140 Å². The number of morpholine rings is 1. The minimum atomic E-state index is -1.33. The highest BCUT2D eigenvalue weighted by atomic mass is 35.5. The lowest BCUT2D eigenvalue weighted by Gasteiger charge is -2.49. The van der Waals surface area contributed by atoms with Crippen LogP contribution in [0.2, 0.25) is 0 Å². The number of carbonyl (C=O) groups excluding carboxylic acids is 1. The molecule has 22 heavy (non-hydrogen) atoms. The topological polar surface area (TPSA) is 32.8 Å². The van der Waals surface area contributed by atoms with Gasteiger partial charge in [0, 0.05) is 26.2 Å². The average Bonchev–Trinajstić information content (AvgIpc) is 2.55. The molecular weight excluding hydrogens is 323 g/mol. The SMILES string of the molecule is O=C1N(CCCN2CCOCC2)C(c2ccccc2)C1(Cl)Cl. The van der Waals surface area contributed by atoms with Crippen molar-refractivity contribution in [2.45, 2.75) is 16.8 Å². The van der Waals surface area contributed by atoms with E-state index < -0.39 is 4.33 Å². The molecule has 2 saturated heterocycles. The number of alkyl halides is 2. The summed E-state index contributed by atoms with van der Waals surface area (Å²) in [5, 5.41) is 0. The number of rotatable bonds is 5. The first kappa shape index (κ1) is 16.1. The zero-order chi connectivity index (χ0) is 15.6. The van der Waals surface area contributed by atoms with E-state index in [1.54, 1.807) is 4.90 Å². The number of β-lactam (4-membered cyclic amide) rings is 1. The normalized spacial score (nSPS) is 25.1. The maximum absolute atomic E-state index is 12.2. The molecule has 0 spiro atoms. The Kier molecular flexibility index (Phi) is 4.93. The van der Waals surface area contributed by atoms with Crippen LogP contribution in [0.1, 0.15) is 18.0 Å². The van der Waals surface area contributed by atoms with Crippen molar-refractivity contribution in [3.05, 3.63) is 35.9 Å². The van der Waals surface area contributed by atoms with Gasteiger partial charge < -0.3 is 9.64 Å². The number of hydrogen-bond acceptors (Lipinski definition) is 3. The van der Waals surface area contributed by atoms with E-state index in [1.165, 1.54) is 0 Å². The summed E-state index contributed by atoms with van der Waals surface area (Å²) < 4.78 is 4.00. The van der Waals surface area contributed by atoms with Gasteiger partial charge in [0.15, 0.2) is 0 Å². The van der Waals surface area contributed by atoms with Crippen molar-refractivity contribution in [3.8, 4) is 0 Å². The van der Waals surface area contributed by atoms with Crippen LogP contribution in [-0.2, 0) is 9.53 Å². The molecule has 3 rings (SSSR count). The van der Waals surface area contributed by atoms with Gasteiger partial charge in [-0.3, -0.25) is 9.69 Å². The molecule has 2 fully saturated rings. The van der Waals surface area contributed by atoms with Gasteiger partial charge in [0.1, 0.15) is 0 Å². The van der Waals surface area contributed by atoms with E-state index in [-0.39, 0.29) is 11.9 Å². The van der Waals surface area contributed by atoms with Crippen LogP contribution in [0.15, 0.2) is 30.3 Å². The van der Waals surface area contributed by atoms with Gasteiger partial charge in [0.25, 0.3) is 5.91 Å².